The molecule has 120 valence electrons. The molecule has 0 bridgehead atoms. The molecule has 0 aliphatic rings. The molecule has 0 fully saturated rings. The average molecular weight is 304 g/mol. The van der Waals surface area contributed by atoms with Crippen LogP contribution in [0.3, 0.4) is 0 Å². The van der Waals surface area contributed by atoms with E-state index in [1.807, 2.05) is 58.5 Å². The summed E-state index contributed by atoms with van der Waals surface area (Å²) in [6.07, 6.45) is 1.72. The Bertz CT molecular complexity index is 714. The highest BCUT2D eigenvalue weighted by Crippen LogP contribution is 2.24. The van der Waals surface area contributed by atoms with E-state index in [1.165, 1.54) is 0 Å². The Labute approximate surface area is 130 Å². The van der Waals surface area contributed by atoms with Crippen LogP contribution in [0.5, 0.6) is 0 Å². The molecule has 2 aromatic heterocycles. The number of esters is 1. The van der Waals surface area contributed by atoms with Crippen LogP contribution in [-0.4, -0.2) is 27.0 Å². The Hall–Kier alpha value is -2.04. The van der Waals surface area contributed by atoms with E-state index in [1.54, 1.807) is 10.6 Å². The molecule has 0 unspecified atom stereocenters. The van der Waals surface area contributed by atoms with Gasteiger partial charge in [0.25, 0.3) is 0 Å². The van der Waals surface area contributed by atoms with Crippen molar-refractivity contribution in [3.8, 4) is 0 Å². The number of aromatic nitrogens is 2. The molecule has 0 aliphatic carbocycles. The minimum atomic E-state index is -0.454. The molecule has 2 rings (SSSR count). The Kier molecular flexibility index (Phi) is 4.18. The first-order valence-corrected chi connectivity index (χ1v) is 7.50. The van der Waals surface area contributed by atoms with Gasteiger partial charge in [0.1, 0.15) is 5.69 Å². The number of hydrogen-bond acceptors (Lipinski definition) is 3. The van der Waals surface area contributed by atoms with E-state index in [2.05, 4.69) is 0 Å². The monoisotopic (exact) mass is 304 g/mol. The fourth-order valence-corrected chi connectivity index (χ4v) is 2.26. The maximum atomic E-state index is 12.4. The maximum absolute atomic E-state index is 12.4. The molecule has 0 amide bonds. The first-order valence-electron chi connectivity index (χ1n) is 7.50. The van der Waals surface area contributed by atoms with Gasteiger partial charge in [0.2, 0.25) is 0 Å². The fourth-order valence-electron chi connectivity index (χ4n) is 2.26. The Morgan fingerprint density at radius 3 is 2.41 bits per heavy atom. The van der Waals surface area contributed by atoms with E-state index >= 15 is 0 Å². The second kappa shape index (κ2) is 5.63. The van der Waals surface area contributed by atoms with Gasteiger partial charge in [-0.1, -0.05) is 20.8 Å². The second-order valence-corrected chi connectivity index (χ2v) is 6.94. The Morgan fingerprint density at radius 2 is 1.86 bits per heavy atom. The number of fused-ring (bicyclic) bond motifs is 1. The third kappa shape index (κ3) is 3.08. The highest BCUT2D eigenvalue weighted by molar-refractivity contribution is 5.96. The molecule has 0 spiro atoms. The van der Waals surface area contributed by atoms with Crippen molar-refractivity contribution in [3.63, 3.8) is 0 Å². The summed E-state index contributed by atoms with van der Waals surface area (Å²) in [5.74, 6) is -0.319. The molecule has 5 nitrogen and oxygen atoms in total. The molecule has 0 aromatic carbocycles. The van der Waals surface area contributed by atoms with Gasteiger partial charge in [-0.2, -0.15) is 0 Å². The zero-order valence-electron chi connectivity index (χ0n) is 14.1. The topological polar surface area (TPSA) is 53.2 Å². The molecule has 0 saturated carbocycles. The number of ketones is 1. The molecule has 0 aliphatic heterocycles. The van der Waals surface area contributed by atoms with Gasteiger partial charge in [-0.25, -0.2) is 4.79 Å². The predicted octanol–water partition coefficient (Wildman–Crippen LogP) is 3.16. The van der Waals surface area contributed by atoms with E-state index in [-0.39, 0.29) is 18.4 Å². The summed E-state index contributed by atoms with van der Waals surface area (Å²) in [6, 6.07) is 3.70. The molecule has 0 saturated heterocycles. The van der Waals surface area contributed by atoms with Gasteiger partial charge in [-0.05, 0) is 26.0 Å². The van der Waals surface area contributed by atoms with Gasteiger partial charge in [0.15, 0.2) is 5.78 Å². The number of nitrogens with zero attached hydrogens (tertiary/aromatic N) is 2. The lowest BCUT2D eigenvalue weighted by atomic mass is 9.91. The smallest absolute Gasteiger partial charge is 0.355 e. The van der Waals surface area contributed by atoms with E-state index in [9.17, 15) is 9.59 Å². The number of aryl methyl sites for hydroxylation is 1. The van der Waals surface area contributed by atoms with Crippen LogP contribution in [-0.2, 0) is 23.1 Å². The van der Waals surface area contributed by atoms with E-state index in [0.717, 1.165) is 11.0 Å². The number of rotatable bonds is 4. The van der Waals surface area contributed by atoms with Crippen molar-refractivity contribution < 1.29 is 14.3 Å². The minimum absolute atomic E-state index is 0.0763. The number of hydrogen-bond donors (Lipinski definition) is 0. The van der Waals surface area contributed by atoms with Crippen LogP contribution >= 0.6 is 0 Å². The molecular formula is C17H24N2O3. The largest absolute Gasteiger partial charge is 0.458 e. The normalized spacial score (nSPS) is 12.1. The Morgan fingerprint density at radius 1 is 1.23 bits per heavy atom. The van der Waals surface area contributed by atoms with E-state index in [4.69, 9.17) is 4.74 Å². The van der Waals surface area contributed by atoms with Crippen LogP contribution in [0.2, 0.25) is 0 Å². The second-order valence-electron chi connectivity index (χ2n) is 6.94. The molecule has 0 N–H and O–H groups in total. The maximum Gasteiger partial charge on any atom is 0.355 e. The van der Waals surface area contributed by atoms with Crippen molar-refractivity contribution in [2.45, 2.75) is 47.3 Å². The van der Waals surface area contributed by atoms with Crippen LogP contribution in [0.15, 0.2) is 18.3 Å². The van der Waals surface area contributed by atoms with Crippen LogP contribution in [0.1, 0.15) is 45.1 Å². The summed E-state index contributed by atoms with van der Waals surface area (Å²) in [7, 11) is 1.91. The highest BCUT2D eigenvalue weighted by atomic mass is 16.5. The van der Waals surface area contributed by atoms with Gasteiger partial charge in [0.05, 0.1) is 23.7 Å². The van der Waals surface area contributed by atoms with Crippen LogP contribution in [0.4, 0.5) is 0 Å². The van der Waals surface area contributed by atoms with Gasteiger partial charge in [0, 0.05) is 18.7 Å². The van der Waals surface area contributed by atoms with Crippen molar-refractivity contribution in [3.05, 3.63) is 24.0 Å². The van der Waals surface area contributed by atoms with E-state index < -0.39 is 11.4 Å². The van der Waals surface area contributed by atoms with Crippen LogP contribution in [0, 0.1) is 5.41 Å². The first-order chi connectivity index (χ1) is 10.1. The molecule has 2 aromatic rings. The summed E-state index contributed by atoms with van der Waals surface area (Å²) in [4.78, 5) is 24.7. The third-order valence-corrected chi connectivity index (χ3v) is 3.64. The molecule has 5 heteroatoms. The SMILES string of the molecule is CC(C)OC(=O)c1cc2c(ccn2C)n1CC(=O)C(C)(C)C. The summed E-state index contributed by atoms with van der Waals surface area (Å²) in [5.41, 5.74) is 1.76. The number of ether oxygens (including phenoxy) is 1. The summed E-state index contributed by atoms with van der Waals surface area (Å²) in [5, 5.41) is 0. The molecular weight excluding hydrogens is 280 g/mol. The third-order valence-electron chi connectivity index (χ3n) is 3.64. The van der Waals surface area contributed by atoms with Crippen LogP contribution < -0.4 is 0 Å². The predicted molar refractivity (Wildman–Crippen MR) is 85.9 cm³/mol. The van der Waals surface area contributed by atoms with Crippen LogP contribution in [0.25, 0.3) is 11.0 Å². The van der Waals surface area contributed by atoms with Crippen molar-refractivity contribution in [2.24, 2.45) is 12.5 Å². The summed E-state index contributed by atoms with van der Waals surface area (Å²) >= 11 is 0. The highest BCUT2D eigenvalue weighted by Gasteiger charge is 2.26. The summed E-state index contributed by atoms with van der Waals surface area (Å²) in [6.45, 7) is 9.43. The summed E-state index contributed by atoms with van der Waals surface area (Å²) < 4.78 is 8.99. The van der Waals surface area contributed by atoms with Crippen molar-refractivity contribution >= 4 is 22.8 Å². The van der Waals surface area contributed by atoms with E-state index in [0.29, 0.717) is 5.69 Å². The standard InChI is InChI=1S/C17H24N2O3/c1-11(2)22-16(21)14-9-13-12(7-8-18(13)6)19(14)10-15(20)17(3,4)5/h7-9,11H,10H2,1-6H3. The van der Waals surface area contributed by atoms with Crippen molar-refractivity contribution in [1.29, 1.82) is 0 Å². The lowest BCUT2D eigenvalue weighted by molar-refractivity contribution is -0.126. The zero-order valence-corrected chi connectivity index (χ0v) is 14.1. The lowest BCUT2D eigenvalue weighted by Gasteiger charge is -2.18. The fraction of sp³-hybridized carbons (Fsp3) is 0.529. The van der Waals surface area contributed by atoms with Gasteiger partial charge in [-0.3, -0.25) is 4.79 Å². The number of Topliss-reactive ketones (excluding diaryl/α,β-unsaturated/α-hetero) is 1. The quantitative estimate of drug-likeness (QED) is 0.815. The Balaban J connectivity index is 2.49. The van der Waals surface area contributed by atoms with Gasteiger partial charge < -0.3 is 13.9 Å². The number of carbonyl (C=O) groups is 2. The van der Waals surface area contributed by atoms with Crippen molar-refractivity contribution in [2.75, 3.05) is 0 Å². The first kappa shape index (κ1) is 16.3. The zero-order chi connectivity index (χ0) is 16.7. The molecule has 22 heavy (non-hydrogen) atoms. The molecule has 2 heterocycles. The van der Waals surface area contributed by atoms with Gasteiger partial charge >= 0.3 is 5.97 Å². The van der Waals surface area contributed by atoms with Crippen molar-refractivity contribution in [1.82, 2.24) is 9.13 Å². The lowest BCUT2D eigenvalue weighted by Crippen LogP contribution is -2.27. The number of carbonyl (C=O) groups excluding carboxylic acids is 2. The van der Waals surface area contributed by atoms with Gasteiger partial charge in [-0.15, -0.1) is 0 Å². The minimum Gasteiger partial charge on any atom is -0.458 e. The average Bonchev–Trinajstić information content (AvgIpc) is 2.89. The molecule has 0 atom stereocenters. The molecule has 0 radical (unpaired) electrons.